The molecule has 1 heterocycles. The molecule has 0 atom stereocenters. The van der Waals surface area contributed by atoms with Crippen molar-refractivity contribution in [3.63, 3.8) is 0 Å². The van der Waals surface area contributed by atoms with Crippen molar-refractivity contribution in [2.75, 3.05) is 0 Å². The highest BCUT2D eigenvalue weighted by atomic mass is 35.5. The molecule has 0 saturated carbocycles. The molecule has 1 aromatic heterocycles. The molecule has 3 rings (SSSR count). The van der Waals surface area contributed by atoms with Gasteiger partial charge < -0.3 is 4.74 Å². The zero-order valence-electron chi connectivity index (χ0n) is 10.5. The van der Waals surface area contributed by atoms with Crippen LogP contribution < -0.4 is 4.74 Å². The van der Waals surface area contributed by atoms with Crippen LogP contribution in [-0.2, 0) is 5.88 Å². The number of nitrogens with zero attached hydrogens (tertiary/aromatic N) is 1. The molecule has 100 valence electrons. The monoisotopic (exact) mass is 287 g/mol. The molecule has 2 nitrogen and oxygen atoms in total. The van der Waals surface area contributed by atoms with Crippen molar-refractivity contribution in [2.24, 2.45) is 0 Å². The highest BCUT2D eigenvalue weighted by Gasteiger charge is 2.09. The molecule has 0 aliphatic carbocycles. The van der Waals surface area contributed by atoms with Gasteiger partial charge in [0.1, 0.15) is 11.6 Å². The summed E-state index contributed by atoms with van der Waals surface area (Å²) >= 11 is 5.94. The van der Waals surface area contributed by atoms with Crippen molar-refractivity contribution in [1.82, 2.24) is 4.98 Å². The zero-order chi connectivity index (χ0) is 13.9. The summed E-state index contributed by atoms with van der Waals surface area (Å²) in [5.41, 5.74) is 1.59. The van der Waals surface area contributed by atoms with E-state index in [0.29, 0.717) is 11.6 Å². The molecule has 0 unspecified atom stereocenters. The fourth-order valence-corrected chi connectivity index (χ4v) is 2.16. The molecular formula is C16H11ClFNO. The first-order valence-electron chi connectivity index (χ1n) is 6.14. The molecule has 3 aromatic rings. The Morgan fingerprint density at radius 1 is 1.05 bits per heavy atom. The smallest absolute Gasteiger partial charge is 0.224 e. The van der Waals surface area contributed by atoms with E-state index in [1.165, 1.54) is 12.1 Å². The second-order valence-electron chi connectivity index (χ2n) is 4.34. The molecule has 0 aliphatic rings. The highest BCUT2D eigenvalue weighted by molar-refractivity contribution is 6.17. The maximum atomic E-state index is 13.2. The predicted molar refractivity (Wildman–Crippen MR) is 77.8 cm³/mol. The average Bonchev–Trinajstić information content (AvgIpc) is 2.46. The van der Waals surface area contributed by atoms with Gasteiger partial charge >= 0.3 is 0 Å². The Morgan fingerprint density at radius 3 is 2.70 bits per heavy atom. The molecule has 0 aliphatic heterocycles. The fourth-order valence-electron chi connectivity index (χ4n) is 1.97. The van der Waals surface area contributed by atoms with Gasteiger partial charge in [-0.1, -0.05) is 24.3 Å². The van der Waals surface area contributed by atoms with Gasteiger partial charge in [0.2, 0.25) is 5.88 Å². The summed E-state index contributed by atoms with van der Waals surface area (Å²) in [5.74, 6) is 0.738. The first-order chi connectivity index (χ1) is 9.76. The number of benzene rings is 2. The van der Waals surface area contributed by atoms with Gasteiger partial charge in [0.25, 0.3) is 0 Å². The number of hydrogen-bond acceptors (Lipinski definition) is 2. The number of hydrogen-bond donors (Lipinski definition) is 0. The van der Waals surface area contributed by atoms with E-state index in [1.807, 2.05) is 30.3 Å². The van der Waals surface area contributed by atoms with Gasteiger partial charge in [-0.2, -0.15) is 0 Å². The fraction of sp³-hybridized carbons (Fsp3) is 0.0625. The Kier molecular flexibility index (Phi) is 3.52. The largest absolute Gasteiger partial charge is 0.439 e. The van der Waals surface area contributed by atoms with E-state index in [9.17, 15) is 4.39 Å². The summed E-state index contributed by atoms with van der Waals surface area (Å²) in [6.07, 6.45) is 0. The Morgan fingerprint density at radius 2 is 1.90 bits per heavy atom. The van der Waals surface area contributed by atoms with E-state index in [1.54, 1.807) is 12.1 Å². The van der Waals surface area contributed by atoms with Crippen molar-refractivity contribution in [2.45, 2.75) is 5.88 Å². The Balaban J connectivity index is 2.05. The lowest BCUT2D eigenvalue weighted by atomic mass is 10.2. The highest BCUT2D eigenvalue weighted by Crippen LogP contribution is 2.28. The summed E-state index contributed by atoms with van der Waals surface area (Å²) < 4.78 is 18.8. The van der Waals surface area contributed by atoms with Crippen LogP contribution in [0.15, 0.2) is 54.6 Å². The number of ether oxygens (including phenoxy) is 1. The van der Waals surface area contributed by atoms with Crippen LogP contribution in [0.1, 0.15) is 5.56 Å². The van der Waals surface area contributed by atoms with E-state index in [-0.39, 0.29) is 11.7 Å². The second kappa shape index (κ2) is 5.47. The van der Waals surface area contributed by atoms with E-state index in [0.717, 1.165) is 16.5 Å². The van der Waals surface area contributed by atoms with Gasteiger partial charge in [0, 0.05) is 17.0 Å². The first-order valence-corrected chi connectivity index (χ1v) is 6.68. The summed E-state index contributed by atoms with van der Waals surface area (Å²) in [4.78, 5) is 4.44. The van der Waals surface area contributed by atoms with Gasteiger partial charge in [-0.3, -0.25) is 0 Å². The quantitative estimate of drug-likeness (QED) is 0.639. The summed E-state index contributed by atoms with van der Waals surface area (Å²) in [5, 5.41) is 0.995. The van der Waals surface area contributed by atoms with Crippen LogP contribution in [0.2, 0.25) is 0 Å². The number of aromatic nitrogens is 1. The van der Waals surface area contributed by atoms with Gasteiger partial charge in [-0.15, -0.1) is 11.6 Å². The third-order valence-corrected chi connectivity index (χ3v) is 3.21. The molecule has 20 heavy (non-hydrogen) atoms. The molecule has 0 N–H and O–H groups in total. The van der Waals surface area contributed by atoms with E-state index >= 15 is 0 Å². The maximum Gasteiger partial charge on any atom is 0.224 e. The Labute approximate surface area is 120 Å². The average molecular weight is 288 g/mol. The molecule has 0 spiro atoms. The third-order valence-electron chi connectivity index (χ3n) is 2.92. The summed E-state index contributed by atoms with van der Waals surface area (Å²) in [6.45, 7) is 0. The van der Waals surface area contributed by atoms with Crippen LogP contribution in [0, 0.1) is 5.82 Å². The standard InChI is InChI=1S/C16H11ClFNO/c17-10-12-8-11-4-1-2-7-15(11)19-16(12)20-14-6-3-5-13(18)9-14/h1-9H,10H2. The van der Waals surface area contributed by atoms with Crippen molar-refractivity contribution in [3.8, 4) is 11.6 Å². The van der Waals surface area contributed by atoms with Crippen molar-refractivity contribution in [1.29, 1.82) is 0 Å². The van der Waals surface area contributed by atoms with Gasteiger partial charge in [-0.25, -0.2) is 9.37 Å². The van der Waals surface area contributed by atoms with Crippen LogP contribution in [0.25, 0.3) is 10.9 Å². The van der Waals surface area contributed by atoms with Crippen molar-refractivity contribution < 1.29 is 9.13 Å². The molecule has 0 fully saturated rings. The number of alkyl halides is 1. The first kappa shape index (κ1) is 12.9. The van der Waals surface area contributed by atoms with Gasteiger partial charge in [-0.05, 0) is 24.3 Å². The number of pyridine rings is 1. The lowest BCUT2D eigenvalue weighted by Gasteiger charge is -2.10. The predicted octanol–water partition coefficient (Wildman–Crippen LogP) is 4.91. The molecule has 0 bridgehead atoms. The minimum atomic E-state index is -0.351. The second-order valence-corrected chi connectivity index (χ2v) is 4.61. The minimum absolute atomic E-state index is 0.280. The van der Waals surface area contributed by atoms with E-state index in [4.69, 9.17) is 16.3 Å². The van der Waals surface area contributed by atoms with Crippen LogP contribution >= 0.6 is 11.6 Å². The van der Waals surface area contributed by atoms with Crippen LogP contribution in [0.3, 0.4) is 0 Å². The molecule has 0 saturated heterocycles. The molecule has 0 amide bonds. The lowest BCUT2D eigenvalue weighted by molar-refractivity contribution is 0.456. The number of fused-ring (bicyclic) bond motifs is 1. The maximum absolute atomic E-state index is 13.2. The minimum Gasteiger partial charge on any atom is -0.439 e. The lowest BCUT2D eigenvalue weighted by Crippen LogP contribution is -1.94. The number of para-hydroxylation sites is 1. The van der Waals surface area contributed by atoms with Gasteiger partial charge in [0.05, 0.1) is 11.4 Å². The van der Waals surface area contributed by atoms with Crippen LogP contribution in [-0.4, -0.2) is 4.98 Å². The normalized spacial score (nSPS) is 10.7. The summed E-state index contributed by atoms with van der Waals surface area (Å²) in [7, 11) is 0. The molecule has 0 radical (unpaired) electrons. The SMILES string of the molecule is Fc1cccc(Oc2nc3ccccc3cc2CCl)c1. The third kappa shape index (κ3) is 2.58. The number of rotatable bonds is 3. The van der Waals surface area contributed by atoms with Gasteiger partial charge in [0.15, 0.2) is 0 Å². The zero-order valence-corrected chi connectivity index (χ0v) is 11.3. The Bertz CT molecular complexity index is 760. The molecular weight excluding hydrogens is 277 g/mol. The molecule has 2 aromatic carbocycles. The van der Waals surface area contributed by atoms with Crippen LogP contribution in [0.5, 0.6) is 11.6 Å². The van der Waals surface area contributed by atoms with Crippen molar-refractivity contribution >= 4 is 22.5 Å². The number of halogens is 2. The topological polar surface area (TPSA) is 22.1 Å². The summed E-state index contributed by atoms with van der Waals surface area (Å²) in [6, 6.07) is 15.6. The molecule has 4 heteroatoms. The van der Waals surface area contributed by atoms with E-state index < -0.39 is 0 Å². The van der Waals surface area contributed by atoms with E-state index in [2.05, 4.69) is 4.98 Å². The van der Waals surface area contributed by atoms with Crippen molar-refractivity contribution in [3.05, 3.63) is 66.0 Å². The Hall–Kier alpha value is -2.13. The van der Waals surface area contributed by atoms with Crippen LogP contribution in [0.4, 0.5) is 4.39 Å².